The van der Waals surface area contributed by atoms with E-state index in [4.69, 9.17) is 27.9 Å². The van der Waals surface area contributed by atoms with Crippen LogP contribution in [-0.4, -0.2) is 32.1 Å². The van der Waals surface area contributed by atoms with Crippen LogP contribution in [0.3, 0.4) is 0 Å². The first-order valence-corrected chi connectivity index (χ1v) is 5.22. The second-order valence-electron chi connectivity index (χ2n) is 3.30. The minimum absolute atomic E-state index is 0.292. The van der Waals surface area contributed by atoms with E-state index in [1.807, 2.05) is 0 Å². The highest BCUT2D eigenvalue weighted by atomic mass is 35.5. The van der Waals surface area contributed by atoms with Gasteiger partial charge in [-0.25, -0.2) is 5.01 Å². The Balaban J connectivity index is 3.06. The van der Waals surface area contributed by atoms with Crippen molar-refractivity contribution in [2.24, 2.45) is 0 Å². The summed E-state index contributed by atoms with van der Waals surface area (Å²) in [5.74, 6) is 0.118. The number of ether oxygens (including phenoxy) is 1. The van der Waals surface area contributed by atoms with Gasteiger partial charge >= 0.3 is 0 Å². The summed E-state index contributed by atoms with van der Waals surface area (Å²) in [7, 11) is 4.89. The summed E-state index contributed by atoms with van der Waals surface area (Å²) < 4.78 is 4.98. The summed E-state index contributed by atoms with van der Waals surface area (Å²) in [5.41, 5.74) is 2.88. The van der Waals surface area contributed by atoms with Crippen LogP contribution in [0.2, 0.25) is 10.0 Å². The van der Waals surface area contributed by atoms with E-state index in [1.165, 1.54) is 24.3 Å². The number of halogens is 2. The number of benzene rings is 1. The summed E-state index contributed by atoms with van der Waals surface area (Å²) in [6.45, 7) is 0. The molecule has 0 unspecified atom stereocenters. The molecule has 1 N–H and O–H groups in total. The number of nitrogens with zero attached hydrogens (tertiary/aromatic N) is 1. The Hall–Kier alpha value is -0.970. The van der Waals surface area contributed by atoms with E-state index >= 15 is 0 Å². The van der Waals surface area contributed by atoms with Gasteiger partial charge in [0.15, 0.2) is 0 Å². The lowest BCUT2D eigenvalue weighted by molar-refractivity contribution is 0.0857. The fourth-order valence-electron chi connectivity index (χ4n) is 1.12. The Morgan fingerprint density at radius 1 is 1.31 bits per heavy atom. The number of rotatable bonds is 3. The van der Waals surface area contributed by atoms with Gasteiger partial charge < -0.3 is 4.74 Å². The lowest BCUT2D eigenvalue weighted by atomic mass is 10.2. The molecule has 0 aliphatic carbocycles. The van der Waals surface area contributed by atoms with Crippen molar-refractivity contribution in [3.63, 3.8) is 0 Å². The van der Waals surface area contributed by atoms with Gasteiger partial charge in [-0.1, -0.05) is 23.2 Å². The lowest BCUT2D eigenvalue weighted by Crippen LogP contribution is -2.36. The smallest absolute Gasteiger partial charge is 0.267 e. The van der Waals surface area contributed by atoms with Gasteiger partial charge in [0.05, 0.1) is 22.7 Å². The molecule has 0 atom stereocenters. The van der Waals surface area contributed by atoms with E-state index in [0.717, 1.165) is 0 Å². The number of amides is 1. The maximum Gasteiger partial charge on any atom is 0.267 e. The van der Waals surface area contributed by atoms with Gasteiger partial charge in [-0.15, -0.1) is 0 Å². The average molecular weight is 263 g/mol. The molecule has 0 saturated carbocycles. The van der Waals surface area contributed by atoms with Crippen LogP contribution in [0.15, 0.2) is 12.1 Å². The molecule has 6 heteroatoms. The number of carbonyl (C=O) groups is 1. The fourth-order valence-corrected chi connectivity index (χ4v) is 1.60. The van der Waals surface area contributed by atoms with E-state index in [-0.39, 0.29) is 5.91 Å². The van der Waals surface area contributed by atoms with Gasteiger partial charge in [0.2, 0.25) is 0 Å². The average Bonchev–Trinajstić information content (AvgIpc) is 2.19. The predicted molar refractivity (Wildman–Crippen MR) is 64.2 cm³/mol. The first-order chi connectivity index (χ1) is 7.45. The molecular weight excluding hydrogens is 251 g/mol. The van der Waals surface area contributed by atoms with E-state index in [2.05, 4.69) is 5.43 Å². The van der Waals surface area contributed by atoms with Crippen LogP contribution in [-0.2, 0) is 0 Å². The quantitative estimate of drug-likeness (QED) is 0.850. The molecule has 1 aromatic carbocycles. The molecule has 0 spiro atoms. The molecule has 1 amide bonds. The van der Waals surface area contributed by atoms with Crippen molar-refractivity contribution in [2.45, 2.75) is 0 Å². The number of hydrogen-bond donors (Lipinski definition) is 1. The minimum atomic E-state index is -0.320. The van der Waals surface area contributed by atoms with Crippen molar-refractivity contribution >= 4 is 29.1 Å². The first kappa shape index (κ1) is 13.1. The third-order valence-electron chi connectivity index (χ3n) is 1.81. The molecule has 0 aromatic heterocycles. The second-order valence-corrected chi connectivity index (χ2v) is 4.12. The highest BCUT2D eigenvalue weighted by molar-refractivity contribution is 6.36. The van der Waals surface area contributed by atoms with Gasteiger partial charge in [-0.2, -0.15) is 0 Å². The van der Waals surface area contributed by atoms with Crippen LogP contribution in [0.5, 0.6) is 5.75 Å². The van der Waals surface area contributed by atoms with Crippen molar-refractivity contribution < 1.29 is 9.53 Å². The van der Waals surface area contributed by atoms with Crippen LogP contribution in [0.25, 0.3) is 0 Å². The van der Waals surface area contributed by atoms with Gasteiger partial charge in [-0.05, 0) is 6.07 Å². The maximum atomic E-state index is 11.7. The zero-order valence-electron chi connectivity index (χ0n) is 9.17. The second kappa shape index (κ2) is 5.39. The van der Waals surface area contributed by atoms with Crippen LogP contribution in [0.1, 0.15) is 10.4 Å². The van der Waals surface area contributed by atoms with Crippen molar-refractivity contribution in [1.29, 1.82) is 0 Å². The van der Waals surface area contributed by atoms with E-state index in [9.17, 15) is 4.79 Å². The zero-order valence-corrected chi connectivity index (χ0v) is 10.7. The topological polar surface area (TPSA) is 41.6 Å². The van der Waals surface area contributed by atoms with Crippen LogP contribution in [0.4, 0.5) is 0 Å². The molecule has 0 aliphatic rings. The Bertz CT molecular complexity index is 408. The van der Waals surface area contributed by atoms with E-state index < -0.39 is 0 Å². The molecule has 0 aliphatic heterocycles. The monoisotopic (exact) mass is 262 g/mol. The predicted octanol–water partition coefficient (Wildman–Crippen LogP) is 2.21. The van der Waals surface area contributed by atoms with Crippen LogP contribution < -0.4 is 10.2 Å². The molecule has 0 saturated heterocycles. The van der Waals surface area contributed by atoms with Crippen LogP contribution in [0, 0.1) is 0 Å². The third-order valence-corrected chi connectivity index (χ3v) is 2.42. The lowest BCUT2D eigenvalue weighted by Gasteiger charge is -2.13. The molecule has 0 heterocycles. The third kappa shape index (κ3) is 3.01. The van der Waals surface area contributed by atoms with Gasteiger partial charge in [0.1, 0.15) is 5.75 Å². The van der Waals surface area contributed by atoms with Crippen molar-refractivity contribution in [2.75, 3.05) is 21.2 Å². The maximum absolute atomic E-state index is 11.7. The number of nitrogens with one attached hydrogen (secondary N) is 1. The first-order valence-electron chi connectivity index (χ1n) is 4.47. The summed E-state index contributed by atoms with van der Waals surface area (Å²) >= 11 is 11.8. The molecule has 1 aromatic rings. The van der Waals surface area contributed by atoms with Crippen LogP contribution >= 0.6 is 23.2 Å². The number of carbonyl (C=O) groups excluding carboxylic acids is 1. The van der Waals surface area contributed by atoms with Gasteiger partial charge in [-0.3, -0.25) is 10.2 Å². The molecule has 4 nitrogen and oxygen atoms in total. The van der Waals surface area contributed by atoms with E-state index in [1.54, 1.807) is 14.1 Å². The number of hydrogen-bond acceptors (Lipinski definition) is 3. The molecule has 0 radical (unpaired) electrons. The summed E-state index contributed by atoms with van der Waals surface area (Å²) in [6.07, 6.45) is 0. The summed E-state index contributed by atoms with van der Waals surface area (Å²) in [5, 5.41) is 2.16. The van der Waals surface area contributed by atoms with Crippen molar-refractivity contribution in [1.82, 2.24) is 10.4 Å². The number of methoxy groups -OCH3 is 1. The number of hydrazine groups is 1. The largest absolute Gasteiger partial charge is 0.495 e. The van der Waals surface area contributed by atoms with Gasteiger partial charge in [0, 0.05) is 20.2 Å². The molecule has 88 valence electrons. The highest BCUT2D eigenvalue weighted by Gasteiger charge is 2.14. The Kier molecular flexibility index (Phi) is 4.41. The standard InChI is InChI=1S/C10H12Cl2N2O2/c1-14(2)13-10(15)6-4-8(12)9(16-3)5-7(6)11/h4-5H,1-3H3,(H,13,15). The Morgan fingerprint density at radius 2 is 1.94 bits per heavy atom. The fraction of sp³-hybridized carbons (Fsp3) is 0.300. The SMILES string of the molecule is COc1cc(Cl)c(C(=O)NN(C)C)cc1Cl. The molecule has 1 rings (SSSR count). The highest BCUT2D eigenvalue weighted by Crippen LogP contribution is 2.30. The molecule has 16 heavy (non-hydrogen) atoms. The normalized spacial score (nSPS) is 10.4. The Labute approximate surface area is 104 Å². The summed E-state index contributed by atoms with van der Waals surface area (Å²) in [4.78, 5) is 11.7. The van der Waals surface area contributed by atoms with Crippen molar-refractivity contribution in [3.8, 4) is 5.75 Å². The zero-order chi connectivity index (χ0) is 12.3. The molecule has 0 fully saturated rings. The molecular formula is C10H12Cl2N2O2. The van der Waals surface area contributed by atoms with E-state index in [0.29, 0.717) is 21.4 Å². The summed E-state index contributed by atoms with van der Waals surface area (Å²) in [6, 6.07) is 2.98. The van der Waals surface area contributed by atoms with Crippen molar-refractivity contribution in [3.05, 3.63) is 27.7 Å². The minimum Gasteiger partial charge on any atom is -0.495 e. The van der Waals surface area contributed by atoms with Gasteiger partial charge in [0.25, 0.3) is 5.91 Å². The molecule has 0 bridgehead atoms. The Morgan fingerprint density at radius 3 is 2.44 bits per heavy atom.